The second-order valence-corrected chi connectivity index (χ2v) is 8.92. The number of carbonyl (C=O) groups excluding carboxylic acids is 2. The van der Waals surface area contributed by atoms with E-state index in [-0.39, 0.29) is 35.9 Å². The number of likely N-dealkylation sites (tertiary alicyclic amines) is 1. The molecular formula is C22H24F5N3O3. The van der Waals surface area contributed by atoms with Gasteiger partial charge in [0.05, 0.1) is 6.04 Å². The smallest absolute Gasteiger partial charge is 0.444 e. The molecule has 1 saturated heterocycles. The van der Waals surface area contributed by atoms with Crippen molar-refractivity contribution in [2.75, 3.05) is 13.1 Å². The van der Waals surface area contributed by atoms with Gasteiger partial charge in [0.2, 0.25) is 5.91 Å². The molecule has 2 aromatic rings. The molecule has 6 nitrogen and oxygen atoms in total. The van der Waals surface area contributed by atoms with Gasteiger partial charge in [-0.1, -0.05) is 12.1 Å². The zero-order valence-electron chi connectivity index (χ0n) is 18.3. The van der Waals surface area contributed by atoms with Gasteiger partial charge in [0.25, 0.3) is 0 Å². The molecule has 0 bridgehead atoms. The Morgan fingerprint density at radius 1 is 1.12 bits per heavy atom. The molecule has 1 aromatic heterocycles. The summed E-state index contributed by atoms with van der Waals surface area (Å²) in [6.45, 7) is 5.83. The molecule has 0 atom stereocenters. The molecular weight excluding hydrogens is 449 g/mol. The maximum absolute atomic E-state index is 13.8. The summed E-state index contributed by atoms with van der Waals surface area (Å²) in [6, 6.07) is 3.93. The fraction of sp³-hybridized carbons (Fsp3) is 0.500. The normalized spacial score (nSPS) is 15.3. The number of aromatic nitrogens is 1. The van der Waals surface area contributed by atoms with Gasteiger partial charge >= 0.3 is 18.2 Å². The Hall–Kier alpha value is -2.98. The molecule has 0 aliphatic carbocycles. The number of pyridine rings is 1. The first-order chi connectivity index (χ1) is 15.2. The molecule has 1 N–H and O–H groups in total. The molecule has 1 aliphatic rings. The van der Waals surface area contributed by atoms with E-state index in [0.29, 0.717) is 18.5 Å². The lowest BCUT2D eigenvalue weighted by Gasteiger charge is -2.40. The Labute approximate surface area is 187 Å². The molecule has 33 heavy (non-hydrogen) atoms. The highest BCUT2D eigenvalue weighted by Gasteiger charge is 2.58. The van der Waals surface area contributed by atoms with Crippen LogP contribution < -0.4 is 5.32 Å². The number of rotatable bonds is 5. The maximum Gasteiger partial charge on any atom is 0.458 e. The Morgan fingerprint density at radius 3 is 2.39 bits per heavy atom. The number of aryl methyl sites for hydroxylation is 1. The first kappa shape index (κ1) is 24.7. The average Bonchev–Trinajstić information content (AvgIpc) is 2.65. The van der Waals surface area contributed by atoms with Crippen LogP contribution in [0, 0.1) is 0 Å². The summed E-state index contributed by atoms with van der Waals surface area (Å²) in [4.78, 5) is 29.7. The highest BCUT2D eigenvalue weighted by atomic mass is 19.4. The number of halogens is 5. The van der Waals surface area contributed by atoms with Gasteiger partial charge in [0, 0.05) is 42.4 Å². The number of hydrogen-bond donors (Lipinski definition) is 1. The van der Waals surface area contributed by atoms with Crippen LogP contribution in [0.1, 0.15) is 38.4 Å². The molecule has 0 radical (unpaired) electrons. The Balaban J connectivity index is 1.61. The van der Waals surface area contributed by atoms with Crippen LogP contribution in [0.15, 0.2) is 30.5 Å². The van der Waals surface area contributed by atoms with Gasteiger partial charge in [-0.2, -0.15) is 22.0 Å². The van der Waals surface area contributed by atoms with E-state index < -0.39 is 29.4 Å². The van der Waals surface area contributed by atoms with Gasteiger partial charge in [-0.3, -0.25) is 9.78 Å². The van der Waals surface area contributed by atoms with E-state index in [1.807, 2.05) is 0 Å². The zero-order valence-corrected chi connectivity index (χ0v) is 18.3. The van der Waals surface area contributed by atoms with Crippen LogP contribution in [0.3, 0.4) is 0 Å². The summed E-state index contributed by atoms with van der Waals surface area (Å²) in [5.74, 6) is -5.35. The van der Waals surface area contributed by atoms with Crippen molar-refractivity contribution >= 4 is 22.8 Å². The van der Waals surface area contributed by atoms with Crippen molar-refractivity contribution in [3.63, 3.8) is 0 Å². The minimum atomic E-state index is -5.72. The molecule has 2 heterocycles. The molecule has 1 fully saturated rings. The number of ether oxygens (including phenoxy) is 1. The van der Waals surface area contributed by atoms with Crippen molar-refractivity contribution in [2.24, 2.45) is 0 Å². The van der Waals surface area contributed by atoms with Crippen molar-refractivity contribution < 1.29 is 36.3 Å². The van der Waals surface area contributed by atoms with E-state index in [9.17, 15) is 31.5 Å². The van der Waals surface area contributed by atoms with Gasteiger partial charge in [0.15, 0.2) is 0 Å². The van der Waals surface area contributed by atoms with Gasteiger partial charge < -0.3 is 15.0 Å². The van der Waals surface area contributed by atoms with Crippen molar-refractivity contribution in [1.29, 1.82) is 0 Å². The first-order valence-electron chi connectivity index (χ1n) is 10.3. The van der Waals surface area contributed by atoms with E-state index in [2.05, 4.69) is 10.3 Å². The van der Waals surface area contributed by atoms with Crippen LogP contribution in [-0.4, -0.2) is 52.8 Å². The third kappa shape index (κ3) is 5.69. The number of carbonyl (C=O) groups is 2. The first-order valence-corrected chi connectivity index (χ1v) is 10.3. The molecule has 0 saturated carbocycles. The zero-order chi connectivity index (χ0) is 24.6. The summed E-state index contributed by atoms with van der Waals surface area (Å²) in [5, 5.41) is 3.32. The SMILES string of the molecule is CC(C)(C)OC(=O)N1CC(NC(=O)CCc2nccc3ccc(C(F)(F)C(F)(F)F)cc23)C1. The fourth-order valence-corrected chi connectivity index (χ4v) is 3.36. The number of fused-ring (bicyclic) bond motifs is 1. The quantitative estimate of drug-likeness (QED) is 0.647. The Morgan fingerprint density at radius 2 is 1.79 bits per heavy atom. The number of alkyl halides is 5. The Bertz CT molecular complexity index is 1040. The standard InChI is InChI=1S/C22H24F5N3O3/c1-20(2,3)33-19(32)30-11-15(12-30)29-18(31)7-6-17-16-10-14(21(23,24)22(25,26)27)5-4-13(16)8-9-28-17/h4-5,8-10,15H,6-7,11-12H2,1-3H3,(H,29,31). The highest BCUT2D eigenvalue weighted by molar-refractivity contribution is 5.86. The van der Waals surface area contributed by atoms with Crippen LogP contribution in [-0.2, 0) is 21.9 Å². The summed E-state index contributed by atoms with van der Waals surface area (Å²) in [5.41, 5.74) is -1.56. The predicted octanol–water partition coefficient (Wildman–Crippen LogP) is 4.56. The lowest BCUT2D eigenvalue weighted by atomic mass is 10.00. The van der Waals surface area contributed by atoms with E-state index in [0.717, 1.165) is 12.1 Å². The number of hydrogen-bond acceptors (Lipinski definition) is 4. The van der Waals surface area contributed by atoms with Crippen LogP contribution in [0.5, 0.6) is 0 Å². The van der Waals surface area contributed by atoms with E-state index in [1.54, 1.807) is 20.8 Å². The number of amides is 2. The summed E-state index contributed by atoms with van der Waals surface area (Å²) < 4.78 is 71.0. The molecule has 0 unspecified atom stereocenters. The maximum atomic E-state index is 13.8. The van der Waals surface area contributed by atoms with Crippen molar-refractivity contribution in [3.05, 3.63) is 41.7 Å². The van der Waals surface area contributed by atoms with E-state index in [4.69, 9.17) is 4.74 Å². The second kappa shape index (κ2) is 8.75. The topological polar surface area (TPSA) is 71.5 Å². The molecule has 3 rings (SSSR count). The third-order valence-electron chi connectivity index (χ3n) is 5.05. The lowest BCUT2D eigenvalue weighted by molar-refractivity contribution is -0.289. The molecule has 11 heteroatoms. The van der Waals surface area contributed by atoms with Crippen LogP contribution in [0.25, 0.3) is 10.8 Å². The summed E-state index contributed by atoms with van der Waals surface area (Å²) >= 11 is 0. The van der Waals surface area contributed by atoms with E-state index >= 15 is 0 Å². The van der Waals surface area contributed by atoms with Crippen LogP contribution in [0.2, 0.25) is 0 Å². The molecule has 1 aliphatic heterocycles. The average molecular weight is 473 g/mol. The number of benzene rings is 1. The fourth-order valence-electron chi connectivity index (χ4n) is 3.36. The summed E-state index contributed by atoms with van der Waals surface area (Å²) in [7, 11) is 0. The molecule has 1 aromatic carbocycles. The Kier molecular flexibility index (Phi) is 6.54. The number of nitrogens with zero attached hydrogens (tertiary/aromatic N) is 2. The van der Waals surface area contributed by atoms with Gasteiger partial charge in [-0.05, 0) is 44.7 Å². The number of nitrogens with one attached hydrogen (secondary N) is 1. The van der Waals surface area contributed by atoms with Crippen molar-refractivity contribution in [2.45, 2.75) is 57.4 Å². The predicted molar refractivity (Wildman–Crippen MR) is 110 cm³/mol. The van der Waals surface area contributed by atoms with Crippen molar-refractivity contribution in [1.82, 2.24) is 15.2 Å². The van der Waals surface area contributed by atoms with Gasteiger partial charge in [0.1, 0.15) is 5.60 Å². The summed E-state index contributed by atoms with van der Waals surface area (Å²) in [6.07, 6.45) is -4.79. The second-order valence-electron chi connectivity index (χ2n) is 8.92. The molecule has 180 valence electrons. The van der Waals surface area contributed by atoms with Crippen LogP contribution in [0.4, 0.5) is 26.7 Å². The highest BCUT2D eigenvalue weighted by Crippen LogP contribution is 2.44. The third-order valence-corrected chi connectivity index (χ3v) is 5.05. The molecule has 2 amide bonds. The van der Waals surface area contributed by atoms with Gasteiger partial charge in [-0.25, -0.2) is 4.79 Å². The lowest BCUT2D eigenvalue weighted by Crippen LogP contribution is -2.61. The van der Waals surface area contributed by atoms with E-state index in [1.165, 1.54) is 23.2 Å². The monoisotopic (exact) mass is 473 g/mol. The van der Waals surface area contributed by atoms with Gasteiger partial charge in [-0.15, -0.1) is 0 Å². The minimum Gasteiger partial charge on any atom is -0.444 e. The van der Waals surface area contributed by atoms with Crippen LogP contribution >= 0.6 is 0 Å². The largest absolute Gasteiger partial charge is 0.458 e. The molecule has 0 spiro atoms. The van der Waals surface area contributed by atoms with Crippen molar-refractivity contribution in [3.8, 4) is 0 Å². The minimum absolute atomic E-state index is 0.0467.